The van der Waals surface area contributed by atoms with Crippen molar-refractivity contribution in [1.29, 1.82) is 0 Å². The summed E-state index contributed by atoms with van der Waals surface area (Å²) in [6, 6.07) is 11.6. The molecule has 0 bridgehead atoms. The number of aromatic hydroxyl groups is 1. The zero-order chi connectivity index (χ0) is 23.9. The quantitative estimate of drug-likeness (QED) is 0.511. The maximum Gasteiger partial charge on any atom is 0.335 e. The van der Waals surface area contributed by atoms with E-state index >= 15 is 0 Å². The molecule has 33 heavy (non-hydrogen) atoms. The van der Waals surface area contributed by atoms with Gasteiger partial charge in [0.2, 0.25) is 5.88 Å². The van der Waals surface area contributed by atoms with Crippen LogP contribution in [0.2, 0.25) is 0 Å². The molecule has 1 amide bonds. The molecule has 0 radical (unpaired) electrons. The molecule has 1 aliphatic rings. The topological polar surface area (TPSA) is 145 Å². The summed E-state index contributed by atoms with van der Waals surface area (Å²) in [5.41, 5.74) is 2.48. The highest BCUT2D eigenvalue weighted by Gasteiger charge is 2.30. The molecule has 1 aromatic heterocycles. The second kappa shape index (κ2) is 8.08. The standard InChI is InChI=1S/C23H18N4O6/c1-12-18(20(28)26(24-12)16-7-3-14(4-8-16)22(30)31)11-19-13(2)25-27(21(19)29)17-9-5-15(6-10-17)23(32)33/h3-11,28H,1-2H3,(H,30,31)(H,32,33). The number of benzene rings is 2. The van der Waals surface area contributed by atoms with E-state index in [0.717, 1.165) is 5.01 Å². The number of rotatable bonds is 5. The van der Waals surface area contributed by atoms with Gasteiger partial charge in [-0.3, -0.25) is 4.79 Å². The molecule has 0 saturated heterocycles. The normalized spacial score (nSPS) is 14.6. The zero-order valence-corrected chi connectivity index (χ0v) is 17.6. The van der Waals surface area contributed by atoms with Crippen molar-refractivity contribution in [2.24, 2.45) is 5.10 Å². The number of anilines is 1. The number of carboxylic acids is 2. The number of hydrogen-bond donors (Lipinski definition) is 3. The number of hydrazone groups is 1. The molecule has 3 N–H and O–H groups in total. The molecule has 10 nitrogen and oxygen atoms in total. The van der Waals surface area contributed by atoms with Crippen molar-refractivity contribution in [1.82, 2.24) is 9.78 Å². The molecule has 1 aliphatic heterocycles. The van der Waals surface area contributed by atoms with Gasteiger partial charge in [0.15, 0.2) is 0 Å². The minimum atomic E-state index is -1.07. The molecule has 10 heteroatoms. The SMILES string of the molecule is CC1=NN(c2ccc(C(=O)O)cc2)C(=O)C1=Cc1c(C)nn(-c2ccc(C(=O)O)cc2)c1O. The summed E-state index contributed by atoms with van der Waals surface area (Å²) >= 11 is 0. The van der Waals surface area contributed by atoms with Crippen LogP contribution in [-0.2, 0) is 4.79 Å². The Bertz CT molecular complexity index is 1350. The van der Waals surface area contributed by atoms with Gasteiger partial charge in [0.25, 0.3) is 5.91 Å². The van der Waals surface area contributed by atoms with Gasteiger partial charge in [0, 0.05) is 0 Å². The second-order valence-corrected chi connectivity index (χ2v) is 7.30. The average molecular weight is 446 g/mol. The van der Waals surface area contributed by atoms with Gasteiger partial charge in [-0.05, 0) is 68.5 Å². The lowest BCUT2D eigenvalue weighted by atomic mass is 10.1. The number of carbonyl (C=O) groups excluding carboxylic acids is 1. The molecule has 0 saturated carbocycles. The summed E-state index contributed by atoms with van der Waals surface area (Å²) in [4.78, 5) is 35.1. The van der Waals surface area contributed by atoms with Crippen LogP contribution < -0.4 is 5.01 Å². The predicted octanol–water partition coefficient (Wildman–Crippen LogP) is 3.09. The Kier molecular flexibility index (Phi) is 5.26. The number of aromatic nitrogens is 2. The Labute approximate surface area is 187 Å². The highest BCUT2D eigenvalue weighted by Crippen LogP contribution is 2.30. The van der Waals surface area contributed by atoms with E-state index in [1.54, 1.807) is 13.8 Å². The third kappa shape index (κ3) is 3.85. The number of carboxylic acid groups (broad SMARTS) is 2. The first-order valence-corrected chi connectivity index (χ1v) is 9.74. The third-order valence-corrected chi connectivity index (χ3v) is 5.15. The average Bonchev–Trinajstić information content (AvgIpc) is 3.24. The maximum atomic E-state index is 13.0. The van der Waals surface area contributed by atoms with Crippen molar-refractivity contribution >= 4 is 35.3 Å². The van der Waals surface area contributed by atoms with Crippen molar-refractivity contribution in [3.8, 4) is 11.6 Å². The first kappa shape index (κ1) is 21.5. The molecule has 0 aliphatic carbocycles. The summed E-state index contributed by atoms with van der Waals surface area (Å²) in [6.07, 6.45) is 1.49. The van der Waals surface area contributed by atoms with E-state index in [9.17, 15) is 19.5 Å². The lowest BCUT2D eigenvalue weighted by molar-refractivity contribution is -0.114. The number of carbonyl (C=O) groups is 3. The van der Waals surface area contributed by atoms with Crippen molar-refractivity contribution in [3.63, 3.8) is 0 Å². The van der Waals surface area contributed by atoms with Gasteiger partial charge < -0.3 is 15.3 Å². The molecular weight excluding hydrogens is 428 g/mol. The number of hydrogen-bond acceptors (Lipinski definition) is 6. The van der Waals surface area contributed by atoms with Crippen LogP contribution in [0.1, 0.15) is 38.9 Å². The summed E-state index contributed by atoms with van der Waals surface area (Å²) in [7, 11) is 0. The fourth-order valence-electron chi connectivity index (χ4n) is 3.37. The summed E-state index contributed by atoms with van der Waals surface area (Å²) < 4.78 is 1.25. The highest BCUT2D eigenvalue weighted by atomic mass is 16.4. The van der Waals surface area contributed by atoms with Gasteiger partial charge in [-0.1, -0.05) is 0 Å². The summed E-state index contributed by atoms with van der Waals surface area (Å²) in [6.45, 7) is 3.32. The van der Waals surface area contributed by atoms with Crippen molar-refractivity contribution in [3.05, 3.63) is 76.5 Å². The monoisotopic (exact) mass is 446 g/mol. The van der Waals surface area contributed by atoms with E-state index in [2.05, 4.69) is 10.2 Å². The van der Waals surface area contributed by atoms with E-state index in [1.807, 2.05) is 0 Å². The van der Waals surface area contributed by atoms with Crippen LogP contribution in [0.5, 0.6) is 5.88 Å². The highest BCUT2D eigenvalue weighted by molar-refractivity contribution is 6.32. The Hall–Kier alpha value is -4.73. The Morgan fingerprint density at radius 3 is 1.91 bits per heavy atom. The Morgan fingerprint density at radius 1 is 0.879 bits per heavy atom. The van der Waals surface area contributed by atoms with Crippen LogP contribution in [0, 0.1) is 6.92 Å². The van der Waals surface area contributed by atoms with Gasteiger partial charge >= 0.3 is 11.9 Å². The molecule has 2 heterocycles. The van der Waals surface area contributed by atoms with Crippen LogP contribution in [0.4, 0.5) is 5.69 Å². The van der Waals surface area contributed by atoms with E-state index < -0.39 is 17.8 Å². The van der Waals surface area contributed by atoms with Crippen molar-refractivity contribution in [2.45, 2.75) is 13.8 Å². The number of nitrogens with zero attached hydrogens (tertiary/aromatic N) is 4. The molecule has 0 fully saturated rings. The van der Waals surface area contributed by atoms with Crippen LogP contribution in [0.15, 0.2) is 59.2 Å². The molecule has 0 unspecified atom stereocenters. The second-order valence-electron chi connectivity index (χ2n) is 7.30. The molecule has 166 valence electrons. The van der Waals surface area contributed by atoms with Gasteiger partial charge in [-0.25, -0.2) is 14.3 Å². The van der Waals surface area contributed by atoms with Gasteiger partial charge in [-0.15, -0.1) is 0 Å². The predicted molar refractivity (Wildman–Crippen MR) is 119 cm³/mol. The lowest BCUT2D eigenvalue weighted by Crippen LogP contribution is -2.21. The molecule has 2 aromatic carbocycles. The van der Waals surface area contributed by atoms with Gasteiger partial charge in [0.1, 0.15) is 0 Å². The van der Waals surface area contributed by atoms with E-state index in [0.29, 0.717) is 28.3 Å². The molecule has 4 rings (SSSR count). The maximum absolute atomic E-state index is 13.0. The Balaban J connectivity index is 1.66. The first-order chi connectivity index (χ1) is 15.7. The Morgan fingerprint density at radius 2 is 1.39 bits per heavy atom. The fraction of sp³-hybridized carbons (Fsp3) is 0.0870. The smallest absolute Gasteiger partial charge is 0.335 e. The van der Waals surface area contributed by atoms with Crippen LogP contribution in [0.3, 0.4) is 0 Å². The molecule has 0 atom stereocenters. The zero-order valence-electron chi connectivity index (χ0n) is 17.6. The number of amides is 1. The fourth-order valence-corrected chi connectivity index (χ4v) is 3.37. The van der Waals surface area contributed by atoms with Crippen LogP contribution >= 0.6 is 0 Å². The van der Waals surface area contributed by atoms with Crippen LogP contribution in [0.25, 0.3) is 11.8 Å². The minimum absolute atomic E-state index is 0.0891. The van der Waals surface area contributed by atoms with E-state index in [-0.39, 0.29) is 22.6 Å². The first-order valence-electron chi connectivity index (χ1n) is 9.74. The minimum Gasteiger partial charge on any atom is -0.493 e. The third-order valence-electron chi connectivity index (χ3n) is 5.15. The molecule has 0 spiro atoms. The number of aromatic carboxylic acids is 2. The van der Waals surface area contributed by atoms with Crippen LogP contribution in [-0.4, -0.2) is 48.7 Å². The van der Waals surface area contributed by atoms with Gasteiger partial charge in [0.05, 0.1) is 45.0 Å². The summed E-state index contributed by atoms with van der Waals surface area (Å²) in [5.74, 6) is -2.79. The van der Waals surface area contributed by atoms with Gasteiger partial charge in [-0.2, -0.15) is 15.2 Å². The van der Waals surface area contributed by atoms with E-state index in [4.69, 9.17) is 10.2 Å². The van der Waals surface area contributed by atoms with E-state index in [1.165, 1.54) is 59.3 Å². The summed E-state index contributed by atoms with van der Waals surface area (Å²) in [5, 5.41) is 38.6. The van der Waals surface area contributed by atoms with Crippen molar-refractivity contribution in [2.75, 3.05) is 5.01 Å². The van der Waals surface area contributed by atoms with Crippen molar-refractivity contribution < 1.29 is 29.7 Å². The number of aryl methyl sites for hydroxylation is 1. The molecular formula is C23H18N4O6. The largest absolute Gasteiger partial charge is 0.493 e. The lowest BCUT2D eigenvalue weighted by Gasteiger charge is -2.11. The molecule has 3 aromatic rings.